The number of benzene rings is 2. The molecule has 5 nitrogen and oxygen atoms in total. The maximum Gasteiger partial charge on any atom is 0.253 e. The summed E-state index contributed by atoms with van der Waals surface area (Å²) in [5.74, 6) is 0.450. The Hall–Kier alpha value is -2.73. The van der Waals surface area contributed by atoms with Crippen LogP contribution in [0.2, 0.25) is 0 Å². The van der Waals surface area contributed by atoms with Crippen molar-refractivity contribution < 1.29 is 9.59 Å². The lowest BCUT2D eigenvalue weighted by Crippen LogP contribution is -2.37. The number of piperidine rings is 1. The van der Waals surface area contributed by atoms with Crippen LogP contribution < -0.4 is 5.32 Å². The Morgan fingerprint density at radius 2 is 1.82 bits per heavy atom. The second kappa shape index (κ2) is 8.10. The minimum atomic E-state index is -0.0591. The van der Waals surface area contributed by atoms with Crippen molar-refractivity contribution in [2.75, 3.05) is 13.1 Å². The molecule has 2 amide bonds. The number of likely N-dealkylation sites (tertiary alicyclic amines) is 1. The normalized spacial score (nSPS) is 15.0. The van der Waals surface area contributed by atoms with Gasteiger partial charge in [0, 0.05) is 38.0 Å². The highest BCUT2D eigenvalue weighted by Crippen LogP contribution is 2.34. The van der Waals surface area contributed by atoms with Crippen LogP contribution in [0.15, 0.2) is 48.5 Å². The number of hydrogen-bond acceptors (Lipinski definition) is 4. The van der Waals surface area contributed by atoms with Gasteiger partial charge in [0.05, 0.1) is 15.2 Å². The van der Waals surface area contributed by atoms with E-state index in [1.807, 2.05) is 41.3 Å². The molecule has 4 rings (SSSR count). The van der Waals surface area contributed by atoms with E-state index < -0.39 is 0 Å². The molecular formula is C22H23N3O2S. The van der Waals surface area contributed by atoms with Gasteiger partial charge in [-0.25, -0.2) is 4.98 Å². The van der Waals surface area contributed by atoms with E-state index in [2.05, 4.69) is 17.4 Å². The van der Waals surface area contributed by atoms with Crippen molar-refractivity contribution in [2.24, 2.45) is 0 Å². The molecule has 0 unspecified atom stereocenters. The Morgan fingerprint density at radius 3 is 2.50 bits per heavy atom. The summed E-state index contributed by atoms with van der Waals surface area (Å²) in [6.07, 6.45) is 1.90. The Bertz CT molecular complexity index is 955. The van der Waals surface area contributed by atoms with Crippen LogP contribution in [-0.2, 0) is 11.3 Å². The number of amides is 2. The second-order valence-corrected chi connectivity index (χ2v) is 8.26. The van der Waals surface area contributed by atoms with Gasteiger partial charge in [0.1, 0.15) is 0 Å². The van der Waals surface area contributed by atoms with E-state index in [0.717, 1.165) is 37.0 Å². The Balaban J connectivity index is 1.36. The van der Waals surface area contributed by atoms with Crippen molar-refractivity contribution >= 4 is 33.4 Å². The SMILES string of the molecule is CC(=O)NCc1ccc(C(=O)N2CCC(c3nc4ccccc4s3)CC2)cc1. The number of aromatic nitrogens is 1. The van der Waals surface area contributed by atoms with E-state index in [9.17, 15) is 9.59 Å². The summed E-state index contributed by atoms with van der Waals surface area (Å²) in [5, 5.41) is 3.95. The molecule has 1 saturated heterocycles. The lowest BCUT2D eigenvalue weighted by Gasteiger charge is -2.31. The third-order valence-electron chi connectivity index (χ3n) is 5.18. The van der Waals surface area contributed by atoms with E-state index in [-0.39, 0.29) is 11.8 Å². The van der Waals surface area contributed by atoms with Crippen molar-refractivity contribution in [3.63, 3.8) is 0 Å². The van der Waals surface area contributed by atoms with Gasteiger partial charge in [0.2, 0.25) is 5.91 Å². The molecule has 28 heavy (non-hydrogen) atoms. The molecule has 0 aliphatic carbocycles. The first-order valence-corrected chi connectivity index (χ1v) is 10.4. The molecule has 6 heteroatoms. The second-order valence-electron chi connectivity index (χ2n) is 7.19. The van der Waals surface area contributed by atoms with Crippen molar-refractivity contribution in [1.29, 1.82) is 0 Å². The molecule has 1 aliphatic rings. The number of carbonyl (C=O) groups is 2. The number of rotatable bonds is 4. The molecule has 0 saturated carbocycles. The number of thiazole rings is 1. The third kappa shape index (κ3) is 4.07. The van der Waals surface area contributed by atoms with Gasteiger partial charge in [-0.05, 0) is 42.7 Å². The van der Waals surface area contributed by atoms with Crippen LogP contribution >= 0.6 is 11.3 Å². The Morgan fingerprint density at radius 1 is 1.11 bits per heavy atom. The van der Waals surface area contributed by atoms with Crippen LogP contribution in [0.3, 0.4) is 0 Å². The van der Waals surface area contributed by atoms with Gasteiger partial charge in [-0.15, -0.1) is 11.3 Å². The fourth-order valence-electron chi connectivity index (χ4n) is 3.57. The summed E-state index contributed by atoms with van der Waals surface area (Å²) in [7, 11) is 0. The smallest absolute Gasteiger partial charge is 0.253 e. The number of nitrogens with one attached hydrogen (secondary N) is 1. The summed E-state index contributed by atoms with van der Waals surface area (Å²) in [6, 6.07) is 15.7. The highest BCUT2D eigenvalue weighted by Gasteiger charge is 2.26. The summed E-state index contributed by atoms with van der Waals surface area (Å²) in [4.78, 5) is 30.5. The first-order chi connectivity index (χ1) is 13.6. The maximum absolute atomic E-state index is 12.8. The van der Waals surface area contributed by atoms with Crippen molar-refractivity contribution in [3.8, 4) is 0 Å². The van der Waals surface area contributed by atoms with Crippen LogP contribution in [0.1, 0.15) is 46.6 Å². The van der Waals surface area contributed by atoms with E-state index in [0.29, 0.717) is 18.0 Å². The first kappa shape index (κ1) is 18.6. The molecule has 0 spiro atoms. The van der Waals surface area contributed by atoms with Crippen molar-refractivity contribution in [1.82, 2.24) is 15.2 Å². The lowest BCUT2D eigenvalue weighted by atomic mass is 9.97. The fraction of sp³-hybridized carbons (Fsp3) is 0.318. The third-order valence-corrected chi connectivity index (χ3v) is 6.38. The zero-order chi connectivity index (χ0) is 19.5. The predicted octanol–water partition coefficient (Wildman–Crippen LogP) is 3.95. The largest absolute Gasteiger partial charge is 0.352 e. The molecule has 1 aliphatic heterocycles. The van der Waals surface area contributed by atoms with Gasteiger partial charge in [-0.1, -0.05) is 24.3 Å². The first-order valence-electron chi connectivity index (χ1n) is 9.58. The van der Waals surface area contributed by atoms with Gasteiger partial charge in [0.25, 0.3) is 5.91 Å². The number of carbonyl (C=O) groups excluding carboxylic acids is 2. The number of nitrogens with zero attached hydrogens (tertiary/aromatic N) is 2. The van der Waals surface area contributed by atoms with Crippen LogP contribution in [-0.4, -0.2) is 34.8 Å². The van der Waals surface area contributed by atoms with Crippen LogP contribution in [0.5, 0.6) is 0 Å². The molecule has 0 radical (unpaired) electrons. The van der Waals surface area contributed by atoms with Gasteiger partial charge in [-0.3, -0.25) is 9.59 Å². The number of hydrogen-bond donors (Lipinski definition) is 1. The van der Waals surface area contributed by atoms with Crippen LogP contribution in [0.4, 0.5) is 0 Å². The maximum atomic E-state index is 12.8. The van der Waals surface area contributed by atoms with Gasteiger partial charge in [-0.2, -0.15) is 0 Å². The minimum Gasteiger partial charge on any atom is -0.352 e. The van der Waals surface area contributed by atoms with Crippen LogP contribution in [0.25, 0.3) is 10.2 Å². The monoisotopic (exact) mass is 393 g/mol. The standard InChI is InChI=1S/C22H23N3O2S/c1-15(26)23-14-16-6-8-18(9-7-16)22(27)25-12-10-17(11-13-25)21-24-19-4-2-3-5-20(19)28-21/h2-9,17H,10-14H2,1H3,(H,23,26). The van der Waals surface area contributed by atoms with Crippen molar-refractivity contribution in [3.05, 3.63) is 64.7 Å². The highest BCUT2D eigenvalue weighted by molar-refractivity contribution is 7.18. The molecule has 1 aromatic heterocycles. The number of fused-ring (bicyclic) bond motifs is 1. The number of para-hydroxylation sites is 1. The molecule has 2 heterocycles. The molecule has 144 valence electrons. The molecule has 0 atom stereocenters. The van der Waals surface area contributed by atoms with E-state index in [4.69, 9.17) is 4.98 Å². The van der Waals surface area contributed by atoms with Gasteiger partial charge < -0.3 is 10.2 Å². The van der Waals surface area contributed by atoms with Crippen LogP contribution in [0, 0.1) is 0 Å². The average Bonchev–Trinajstić information content (AvgIpc) is 3.16. The molecule has 3 aromatic rings. The molecule has 2 aromatic carbocycles. The zero-order valence-corrected chi connectivity index (χ0v) is 16.7. The quantitative estimate of drug-likeness (QED) is 0.730. The van der Waals surface area contributed by atoms with E-state index in [1.165, 1.54) is 16.6 Å². The summed E-state index contributed by atoms with van der Waals surface area (Å²) in [6.45, 7) is 3.49. The Labute approximate surface area is 168 Å². The lowest BCUT2D eigenvalue weighted by molar-refractivity contribution is -0.119. The summed E-state index contributed by atoms with van der Waals surface area (Å²) < 4.78 is 1.23. The minimum absolute atomic E-state index is 0.0591. The van der Waals surface area contributed by atoms with Crippen molar-refractivity contribution in [2.45, 2.75) is 32.2 Å². The molecule has 0 bridgehead atoms. The average molecular weight is 394 g/mol. The van der Waals surface area contributed by atoms with E-state index in [1.54, 1.807) is 11.3 Å². The van der Waals surface area contributed by atoms with Gasteiger partial charge in [0.15, 0.2) is 0 Å². The van der Waals surface area contributed by atoms with E-state index >= 15 is 0 Å². The fourth-order valence-corrected chi connectivity index (χ4v) is 4.71. The summed E-state index contributed by atoms with van der Waals surface area (Å²) in [5.41, 5.74) is 2.76. The zero-order valence-electron chi connectivity index (χ0n) is 15.9. The molecule has 1 fully saturated rings. The summed E-state index contributed by atoms with van der Waals surface area (Å²) >= 11 is 1.77. The Kier molecular flexibility index (Phi) is 5.39. The van der Waals surface area contributed by atoms with Gasteiger partial charge >= 0.3 is 0 Å². The predicted molar refractivity (Wildman–Crippen MR) is 111 cm³/mol. The molecular weight excluding hydrogens is 370 g/mol. The molecule has 1 N–H and O–H groups in total. The highest BCUT2D eigenvalue weighted by atomic mass is 32.1. The topological polar surface area (TPSA) is 62.3 Å².